The number of nitrogens with one attached hydrogen (secondary N) is 1. The number of aromatic nitrogens is 2. The maximum absolute atomic E-state index is 13.2. The molecule has 0 aliphatic heterocycles. The SMILES string of the molecule is Cc1cc(C)cc(-n2c(SCC(=O)NCCCc3ccccc3)nc3ccsc3c2=O)c1. The molecule has 0 unspecified atom stereocenters. The first kappa shape index (κ1) is 22.3. The lowest BCUT2D eigenvalue weighted by Crippen LogP contribution is -2.27. The van der Waals surface area contributed by atoms with Crippen LogP contribution in [0.15, 0.2) is 69.9 Å². The van der Waals surface area contributed by atoms with Gasteiger partial charge in [0, 0.05) is 6.54 Å². The second-order valence-corrected chi connectivity index (χ2v) is 9.60. The van der Waals surface area contributed by atoms with E-state index >= 15 is 0 Å². The molecule has 2 aromatic carbocycles. The van der Waals surface area contributed by atoms with Gasteiger partial charge in [-0.15, -0.1) is 11.3 Å². The van der Waals surface area contributed by atoms with Crippen molar-refractivity contribution in [2.75, 3.05) is 12.3 Å². The van der Waals surface area contributed by atoms with Gasteiger partial charge in [-0.3, -0.25) is 14.2 Å². The monoisotopic (exact) mass is 463 g/mol. The molecular weight excluding hydrogens is 438 g/mol. The van der Waals surface area contributed by atoms with Crippen LogP contribution in [-0.4, -0.2) is 27.8 Å². The zero-order valence-corrected chi connectivity index (χ0v) is 19.8. The third kappa shape index (κ3) is 5.29. The minimum atomic E-state index is -0.0965. The average molecular weight is 464 g/mol. The molecule has 7 heteroatoms. The van der Waals surface area contributed by atoms with E-state index < -0.39 is 0 Å². The second-order valence-electron chi connectivity index (χ2n) is 7.74. The van der Waals surface area contributed by atoms with E-state index in [2.05, 4.69) is 23.5 Å². The molecule has 1 amide bonds. The molecule has 0 aliphatic carbocycles. The first-order valence-corrected chi connectivity index (χ1v) is 12.4. The predicted molar refractivity (Wildman–Crippen MR) is 133 cm³/mol. The van der Waals surface area contributed by atoms with Gasteiger partial charge < -0.3 is 5.32 Å². The van der Waals surface area contributed by atoms with Gasteiger partial charge in [-0.2, -0.15) is 0 Å². The van der Waals surface area contributed by atoms with Crippen molar-refractivity contribution in [3.05, 3.63) is 87.0 Å². The van der Waals surface area contributed by atoms with Gasteiger partial charge in [-0.1, -0.05) is 48.2 Å². The van der Waals surface area contributed by atoms with Gasteiger partial charge in [0.2, 0.25) is 5.91 Å². The summed E-state index contributed by atoms with van der Waals surface area (Å²) < 4.78 is 2.26. The highest BCUT2D eigenvalue weighted by Crippen LogP contribution is 2.24. The first-order chi connectivity index (χ1) is 15.5. The summed E-state index contributed by atoms with van der Waals surface area (Å²) in [6.45, 7) is 4.64. The summed E-state index contributed by atoms with van der Waals surface area (Å²) in [6, 6.07) is 18.1. The topological polar surface area (TPSA) is 64.0 Å². The summed E-state index contributed by atoms with van der Waals surface area (Å²) in [4.78, 5) is 30.4. The maximum atomic E-state index is 13.2. The average Bonchev–Trinajstić information content (AvgIpc) is 3.24. The number of benzene rings is 2. The number of amides is 1. The molecule has 32 heavy (non-hydrogen) atoms. The largest absolute Gasteiger partial charge is 0.355 e. The van der Waals surface area contributed by atoms with E-state index in [0.717, 1.165) is 29.7 Å². The van der Waals surface area contributed by atoms with E-state index in [4.69, 9.17) is 4.98 Å². The van der Waals surface area contributed by atoms with Crippen molar-refractivity contribution >= 4 is 39.2 Å². The second kappa shape index (κ2) is 10.1. The number of thiophene rings is 1. The van der Waals surface area contributed by atoms with Crippen molar-refractivity contribution in [3.63, 3.8) is 0 Å². The smallest absolute Gasteiger partial charge is 0.276 e. The highest BCUT2D eigenvalue weighted by Gasteiger charge is 2.16. The number of hydrogen-bond donors (Lipinski definition) is 1. The number of carbonyl (C=O) groups excluding carboxylic acids is 1. The van der Waals surface area contributed by atoms with E-state index in [1.807, 2.05) is 55.6 Å². The minimum absolute atomic E-state index is 0.0605. The molecule has 0 saturated heterocycles. The van der Waals surface area contributed by atoms with Crippen LogP contribution in [0, 0.1) is 13.8 Å². The fourth-order valence-electron chi connectivity index (χ4n) is 3.64. The van der Waals surface area contributed by atoms with Crippen LogP contribution in [0.4, 0.5) is 0 Å². The quantitative estimate of drug-likeness (QED) is 0.229. The molecule has 5 nitrogen and oxygen atoms in total. The van der Waals surface area contributed by atoms with Gasteiger partial charge in [-0.25, -0.2) is 4.98 Å². The summed E-state index contributed by atoms with van der Waals surface area (Å²) in [7, 11) is 0. The van der Waals surface area contributed by atoms with Crippen LogP contribution in [-0.2, 0) is 11.2 Å². The molecule has 4 aromatic rings. The molecule has 0 aliphatic rings. The summed E-state index contributed by atoms with van der Waals surface area (Å²) >= 11 is 2.68. The Kier molecular flexibility index (Phi) is 7.07. The highest BCUT2D eigenvalue weighted by molar-refractivity contribution is 7.99. The van der Waals surface area contributed by atoms with Crippen LogP contribution in [0.3, 0.4) is 0 Å². The molecule has 0 spiro atoms. The van der Waals surface area contributed by atoms with Crippen LogP contribution in [0.5, 0.6) is 0 Å². The molecule has 0 fully saturated rings. The van der Waals surface area contributed by atoms with Crippen LogP contribution < -0.4 is 10.9 Å². The van der Waals surface area contributed by atoms with Crippen LogP contribution in [0.1, 0.15) is 23.1 Å². The normalized spacial score (nSPS) is 11.1. The fourth-order valence-corrected chi connectivity index (χ4v) is 5.24. The van der Waals surface area contributed by atoms with Crippen molar-refractivity contribution in [3.8, 4) is 5.69 Å². The Balaban J connectivity index is 1.47. The summed E-state index contributed by atoms with van der Waals surface area (Å²) in [6.07, 6.45) is 1.81. The van der Waals surface area contributed by atoms with Gasteiger partial charge in [0.05, 0.1) is 17.0 Å². The van der Waals surface area contributed by atoms with Gasteiger partial charge in [0.1, 0.15) is 4.70 Å². The van der Waals surface area contributed by atoms with E-state index in [0.29, 0.717) is 21.9 Å². The Labute approximate surface area is 195 Å². The predicted octanol–water partition coefficient (Wildman–Crippen LogP) is 4.91. The summed E-state index contributed by atoms with van der Waals surface area (Å²) in [5, 5.41) is 5.38. The minimum Gasteiger partial charge on any atom is -0.355 e. The lowest BCUT2D eigenvalue weighted by molar-refractivity contribution is -0.118. The van der Waals surface area contributed by atoms with Crippen molar-refractivity contribution < 1.29 is 4.79 Å². The third-order valence-electron chi connectivity index (χ3n) is 5.05. The zero-order valence-electron chi connectivity index (χ0n) is 18.1. The molecule has 2 aromatic heterocycles. The highest BCUT2D eigenvalue weighted by atomic mass is 32.2. The molecule has 164 valence electrons. The molecule has 1 N–H and O–H groups in total. The van der Waals surface area contributed by atoms with Gasteiger partial charge in [-0.05, 0) is 67.0 Å². The molecule has 0 atom stereocenters. The molecule has 4 rings (SSSR count). The zero-order chi connectivity index (χ0) is 22.5. The number of aryl methyl sites for hydroxylation is 3. The van der Waals surface area contributed by atoms with Gasteiger partial charge >= 0.3 is 0 Å². The number of rotatable bonds is 8. The molecule has 0 radical (unpaired) electrons. The Bertz CT molecular complexity index is 1280. The standard InChI is InChI=1S/C25H25N3O2S2/c1-17-13-18(2)15-20(14-17)28-24(30)23-21(10-12-31-23)27-25(28)32-16-22(29)26-11-6-9-19-7-4-3-5-8-19/h3-5,7-8,10,12-15H,6,9,11,16H2,1-2H3,(H,26,29). The van der Waals surface area contributed by atoms with Gasteiger partial charge in [0.15, 0.2) is 5.16 Å². The van der Waals surface area contributed by atoms with Crippen LogP contribution in [0.25, 0.3) is 15.9 Å². The fraction of sp³-hybridized carbons (Fsp3) is 0.240. The number of thioether (sulfide) groups is 1. The Hall–Kier alpha value is -2.90. The summed E-state index contributed by atoms with van der Waals surface area (Å²) in [5.41, 5.74) is 4.77. The van der Waals surface area contributed by atoms with E-state index in [9.17, 15) is 9.59 Å². The van der Waals surface area contributed by atoms with Crippen molar-refractivity contribution in [1.82, 2.24) is 14.9 Å². The molecule has 2 heterocycles. The van der Waals surface area contributed by atoms with Crippen LogP contribution in [0.2, 0.25) is 0 Å². The van der Waals surface area contributed by atoms with E-state index in [1.54, 1.807) is 4.57 Å². The molecule has 0 bridgehead atoms. The van der Waals surface area contributed by atoms with Crippen molar-refractivity contribution in [2.24, 2.45) is 0 Å². The summed E-state index contributed by atoms with van der Waals surface area (Å²) in [5.74, 6) is 0.146. The third-order valence-corrected chi connectivity index (χ3v) is 6.88. The van der Waals surface area contributed by atoms with Crippen molar-refractivity contribution in [2.45, 2.75) is 31.8 Å². The van der Waals surface area contributed by atoms with E-state index in [-0.39, 0.29) is 17.2 Å². The lowest BCUT2D eigenvalue weighted by Gasteiger charge is -2.13. The number of hydrogen-bond acceptors (Lipinski definition) is 5. The Morgan fingerprint density at radius 2 is 1.84 bits per heavy atom. The molecular formula is C25H25N3O2S2. The van der Waals surface area contributed by atoms with E-state index in [1.165, 1.54) is 28.7 Å². The number of nitrogens with zero attached hydrogens (tertiary/aromatic N) is 2. The molecule has 0 saturated carbocycles. The van der Waals surface area contributed by atoms with Crippen molar-refractivity contribution in [1.29, 1.82) is 0 Å². The Morgan fingerprint density at radius 1 is 1.09 bits per heavy atom. The van der Waals surface area contributed by atoms with Crippen LogP contribution >= 0.6 is 23.1 Å². The number of carbonyl (C=O) groups is 1. The maximum Gasteiger partial charge on any atom is 0.276 e. The Morgan fingerprint density at radius 3 is 2.59 bits per heavy atom. The lowest BCUT2D eigenvalue weighted by atomic mass is 10.1. The first-order valence-electron chi connectivity index (χ1n) is 10.5. The number of fused-ring (bicyclic) bond motifs is 1. The van der Waals surface area contributed by atoms with Gasteiger partial charge in [0.25, 0.3) is 5.56 Å².